The molecule has 3 aliphatic rings. The number of hydrogen-bond donors (Lipinski definition) is 12. The fourth-order valence-corrected chi connectivity index (χ4v) is 10.3. The van der Waals surface area contributed by atoms with Crippen molar-refractivity contribution in [3.8, 4) is 0 Å². The first-order valence-corrected chi connectivity index (χ1v) is 29.3. The minimum Gasteiger partial charge on any atom is -0.394 e. The molecule has 0 radical (unpaired) electrons. The molecule has 17 atom stereocenters. The van der Waals surface area contributed by atoms with E-state index >= 15 is 0 Å². The standard InChI is InChI=1S/C55H105NO18/c1-3-5-7-9-11-13-14-15-16-17-18-19-20-21-22-23-24-25-27-29-31-33-43(61)56-38(39(60)32-30-28-26-12-10-8-6-4-2)37-69-53-49(67)46(64)51(41(35-58)71-53)74-55-50(68)47(65)52(42(36-59)72-55)73-54-48(66)45(63)44(62)40(34-57)70-54/h38-42,44-55,57-60,62-68H,3-37H2,1-2H3,(H,56,61). The first-order valence-electron chi connectivity index (χ1n) is 29.3. The monoisotopic (exact) mass is 1070 g/mol. The molecule has 3 aliphatic heterocycles. The van der Waals surface area contributed by atoms with Crippen LogP contribution in [0, 0.1) is 0 Å². The Morgan fingerprint density at radius 2 is 0.770 bits per heavy atom. The van der Waals surface area contributed by atoms with Gasteiger partial charge in [-0.15, -0.1) is 0 Å². The lowest BCUT2D eigenvalue weighted by Gasteiger charge is -2.48. The number of carbonyl (C=O) groups excluding carboxylic acids is 1. The molecule has 0 aromatic rings. The van der Waals surface area contributed by atoms with Crippen molar-refractivity contribution in [2.75, 3.05) is 26.4 Å². The molecule has 0 saturated carbocycles. The third-order valence-electron chi connectivity index (χ3n) is 15.2. The normalized spacial score (nSPS) is 31.4. The second-order valence-electron chi connectivity index (χ2n) is 21.5. The maximum Gasteiger partial charge on any atom is 0.220 e. The Balaban J connectivity index is 1.44. The Morgan fingerprint density at radius 1 is 0.432 bits per heavy atom. The molecule has 0 bridgehead atoms. The highest BCUT2D eigenvalue weighted by molar-refractivity contribution is 5.76. The topological polar surface area (TPSA) is 307 Å². The van der Waals surface area contributed by atoms with Crippen molar-refractivity contribution >= 4 is 5.91 Å². The van der Waals surface area contributed by atoms with Gasteiger partial charge in [0.15, 0.2) is 18.9 Å². The quantitative estimate of drug-likeness (QED) is 0.0376. The lowest BCUT2D eigenvalue weighted by atomic mass is 9.96. The zero-order valence-corrected chi connectivity index (χ0v) is 45.3. The number of rotatable bonds is 43. The Hall–Kier alpha value is -1.21. The Morgan fingerprint density at radius 3 is 1.18 bits per heavy atom. The van der Waals surface area contributed by atoms with Crippen LogP contribution in [-0.4, -0.2) is 193 Å². The largest absolute Gasteiger partial charge is 0.394 e. The minimum absolute atomic E-state index is 0.242. The lowest BCUT2D eigenvalue weighted by Crippen LogP contribution is -2.66. The van der Waals surface area contributed by atoms with Crippen molar-refractivity contribution in [2.45, 2.75) is 317 Å². The molecule has 3 saturated heterocycles. The van der Waals surface area contributed by atoms with E-state index in [0.717, 1.165) is 44.9 Å². The van der Waals surface area contributed by atoms with Gasteiger partial charge in [-0.1, -0.05) is 194 Å². The van der Waals surface area contributed by atoms with Gasteiger partial charge in [-0.05, 0) is 12.8 Å². The van der Waals surface area contributed by atoms with Crippen molar-refractivity contribution in [2.24, 2.45) is 0 Å². The molecule has 17 unspecified atom stereocenters. The Labute approximate surface area is 443 Å². The van der Waals surface area contributed by atoms with Gasteiger partial charge in [-0.3, -0.25) is 4.79 Å². The molecule has 1 amide bonds. The van der Waals surface area contributed by atoms with Gasteiger partial charge in [0.2, 0.25) is 5.91 Å². The highest BCUT2D eigenvalue weighted by atomic mass is 16.8. The summed E-state index contributed by atoms with van der Waals surface area (Å²) < 4.78 is 34.2. The van der Waals surface area contributed by atoms with Crippen LogP contribution in [0.1, 0.15) is 213 Å². The summed E-state index contributed by atoms with van der Waals surface area (Å²) in [7, 11) is 0. The molecule has 0 aromatic carbocycles. The van der Waals surface area contributed by atoms with Crippen molar-refractivity contribution in [1.82, 2.24) is 5.32 Å². The first kappa shape index (κ1) is 67.1. The average Bonchev–Trinajstić information content (AvgIpc) is 3.40. The summed E-state index contributed by atoms with van der Waals surface area (Å²) in [4.78, 5) is 13.3. The summed E-state index contributed by atoms with van der Waals surface area (Å²) in [5.41, 5.74) is 0. The summed E-state index contributed by atoms with van der Waals surface area (Å²) in [6.07, 6.45) is 9.42. The molecule has 0 aromatic heterocycles. The van der Waals surface area contributed by atoms with E-state index in [2.05, 4.69) is 19.2 Å². The summed E-state index contributed by atoms with van der Waals surface area (Å²) in [6, 6.07) is -0.878. The molecule has 438 valence electrons. The number of amides is 1. The van der Waals surface area contributed by atoms with E-state index in [1.807, 2.05) is 0 Å². The number of aliphatic hydroxyl groups is 11. The highest BCUT2D eigenvalue weighted by Crippen LogP contribution is 2.33. The molecule has 0 spiro atoms. The van der Waals surface area contributed by atoms with Gasteiger partial charge in [0.1, 0.15) is 73.2 Å². The summed E-state index contributed by atoms with van der Waals surface area (Å²) >= 11 is 0. The first-order chi connectivity index (χ1) is 35.8. The number of hydrogen-bond acceptors (Lipinski definition) is 18. The Bertz CT molecular complexity index is 1370. The number of ether oxygens (including phenoxy) is 6. The zero-order chi connectivity index (χ0) is 54.1. The molecule has 3 rings (SSSR count). The number of unbranched alkanes of at least 4 members (excludes halogenated alkanes) is 27. The molecule has 3 fully saturated rings. The van der Waals surface area contributed by atoms with Gasteiger partial charge >= 0.3 is 0 Å². The van der Waals surface area contributed by atoms with E-state index in [0.29, 0.717) is 12.8 Å². The summed E-state index contributed by atoms with van der Waals surface area (Å²) in [6.45, 7) is 1.75. The summed E-state index contributed by atoms with van der Waals surface area (Å²) in [5, 5.41) is 120. The maximum absolute atomic E-state index is 13.3. The average molecular weight is 1070 g/mol. The van der Waals surface area contributed by atoms with E-state index in [9.17, 15) is 61.0 Å². The second kappa shape index (κ2) is 40.0. The van der Waals surface area contributed by atoms with Gasteiger partial charge in [-0.2, -0.15) is 0 Å². The smallest absolute Gasteiger partial charge is 0.220 e. The molecular formula is C55H105NO18. The van der Waals surface area contributed by atoms with E-state index in [1.165, 1.54) is 135 Å². The van der Waals surface area contributed by atoms with Gasteiger partial charge in [0, 0.05) is 6.42 Å². The van der Waals surface area contributed by atoms with E-state index in [4.69, 9.17) is 28.4 Å². The molecule has 74 heavy (non-hydrogen) atoms. The van der Waals surface area contributed by atoms with Crippen LogP contribution in [0.2, 0.25) is 0 Å². The molecule has 12 N–H and O–H groups in total. The molecule has 0 aliphatic carbocycles. The van der Waals surface area contributed by atoms with Crippen molar-refractivity contribution in [1.29, 1.82) is 0 Å². The predicted octanol–water partition coefficient (Wildman–Crippen LogP) is 4.43. The molecule has 19 heteroatoms. The minimum atomic E-state index is -1.97. The molecule has 19 nitrogen and oxygen atoms in total. The fourth-order valence-electron chi connectivity index (χ4n) is 10.3. The molecule has 3 heterocycles. The predicted molar refractivity (Wildman–Crippen MR) is 277 cm³/mol. The van der Waals surface area contributed by atoms with Crippen LogP contribution in [0.15, 0.2) is 0 Å². The highest BCUT2D eigenvalue weighted by Gasteiger charge is 2.53. The van der Waals surface area contributed by atoms with Crippen LogP contribution in [0.4, 0.5) is 0 Å². The van der Waals surface area contributed by atoms with Crippen LogP contribution in [0.3, 0.4) is 0 Å². The van der Waals surface area contributed by atoms with Gasteiger partial charge in [0.25, 0.3) is 0 Å². The lowest BCUT2D eigenvalue weighted by molar-refractivity contribution is -0.379. The van der Waals surface area contributed by atoms with E-state index in [1.54, 1.807) is 0 Å². The van der Waals surface area contributed by atoms with Crippen molar-refractivity contribution < 1.29 is 89.4 Å². The van der Waals surface area contributed by atoms with Crippen LogP contribution < -0.4 is 5.32 Å². The number of carbonyl (C=O) groups is 1. The van der Waals surface area contributed by atoms with Crippen LogP contribution in [0.5, 0.6) is 0 Å². The number of aliphatic hydroxyl groups excluding tert-OH is 11. The number of nitrogens with one attached hydrogen (secondary N) is 1. The van der Waals surface area contributed by atoms with Gasteiger partial charge < -0.3 is 89.9 Å². The fraction of sp³-hybridized carbons (Fsp3) is 0.982. The van der Waals surface area contributed by atoms with Crippen LogP contribution in [-0.2, 0) is 33.2 Å². The second-order valence-corrected chi connectivity index (χ2v) is 21.5. The molecular weight excluding hydrogens is 963 g/mol. The van der Waals surface area contributed by atoms with E-state index < -0.39 is 124 Å². The zero-order valence-electron chi connectivity index (χ0n) is 45.3. The van der Waals surface area contributed by atoms with Crippen LogP contribution in [0.25, 0.3) is 0 Å². The summed E-state index contributed by atoms with van der Waals surface area (Å²) in [5.74, 6) is -0.242. The third-order valence-corrected chi connectivity index (χ3v) is 15.2. The maximum atomic E-state index is 13.3. The van der Waals surface area contributed by atoms with Crippen molar-refractivity contribution in [3.05, 3.63) is 0 Å². The van der Waals surface area contributed by atoms with Gasteiger partial charge in [0.05, 0.1) is 38.6 Å². The van der Waals surface area contributed by atoms with E-state index in [-0.39, 0.29) is 18.9 Å². The van der Waals surface area contributed by atoms with Crippen LogP contribution >= 0.6 is 0 Å². The van der Waals surface area contributed by atoms with Gasteiger partial charge in [-0.25, -0.2) is 0 Å². The van der Waals surface area contributed by atoms with Crippen molar-refractivity contribution in [3.63, 3.8) is 0 Å². The SMILES string of the molecule is CCCCCCCCCCCCCCCCCCCCCCCC(=O)NC(COC1OC(CO)C(OC2OC(CO)C(OC3OC(CO)C(O)C(O)C3O)C(O)C2O)C(O)C1O)C(O)CCCCCCCCCC. The Kier molecular flexibility index (Phi) is 36.3. The third kappa shape index (κ3) is 24.4.